The molecule has 2 aromatic heterocycles. The molecule has 2 aliphatic carbocycles. The van der Waals surface area contributed by atoms with Crippen molar-refractivity contribution in [2.75, 3.05) is 39.0 Å². The SMILES string of the molecule is CC1=C2C=CC(c3nc(C4CC(N5CCN(C)CC5)C4)n4ccnc(N)c34)=CC2NC(c2ccccc2)=C1. The quantitative estimate of drug-likeness (QED) is 0.557. The number of aromatic nitrogens is 3. The van der Waals surface area contributed by atoms with Crippen molar-refractivity contribution >= 4 is 22.6 Å². The summed E-state index contributed by atoms with van der Waals surface area (Å²) in [5.41, 5.74) is 14.3. The van der Waals surface area contributed by atoms with Gasteiger partial charge in [0.1, 0.15) is 17.2 Å². The number of dihydropyridines is 1. The molecule has 3 aromatic rings. The van der Waals surface area contributed by atoms with E-state index >= 15 is 0 Å². The maximum absolute atomic E-state index is 6.48. The lowest BCUT2D eigenvalue weighted by atomic mass is 9.78. The van der Waals surface area contributed by atoms with Gasteiger partial charge in [-0.2, -0.15) is 0 Å². The fourth-order valence-corrected chi connectivity index (χ4v) is 6.42. The normalized spacial score (nSPS) is 26.0. The molecule has 0 amide bonds. The minimum Gasteiger partial charge on any atom is -0.382 e. The number of rotatable bonds is 4. The lowest BCUT2D eigenvalue weighted by Crippen LogP contribution is -2.52. The van der Waals surface area contributed by atoms with E-state index < -0.39 is 0 Å². The summed E-state index contributed by atoms with van der Waals surface area (Å²) in [6.45, 7) is 6.84. The molecule has 1 aromatic carbocycles. The zero-order valence-electron chi connectivity index (χ0n) is 22.1. The third kappa shape index (κ3) is 3.97. The highest BCUT2D eigenvalue weighted by Crippen LogP contribution is 2.42. The summed E-state index contributed by atoms with van der Waals surface area (Å²) < 4.78 is 2.19. The third-order valence-electron chi connectivity index (χ3n) is 8.75. The molecular formula is C31H35N7. The molecule has 7 rings (SSSR count). The van der Waals surface area contributed by atoms with Crippen molar-refractivity contribution in [3.05, 3.63) is 95.3 Å². The second-order valence-corrected chi connectivity index (χ2v) is 11.2. The Labute approximate surface area is 224 Å². The molecule has 0 spiro atoms. The van der Waals surface area contributed by atoms with Gasteiger partial charge in [0.05, 0.1) is 11.7 Å². The Morgan fingerprint density at radius 1 is 1.03 bits per heavy atom. The number of imidazole rings is 1. The van der Waals surface area contributed by atoms with Crippen LogP contribution in [0.4, 0.5) is 5.82 Å². The lowest BCUT2D eigenvalue weighted by molar-refractivity contribution is 0.0586. The van der Waals surface area contributed by atoms with Crippen LogP contribution in [0, 0.1) is 0 Å². The van der Waals surface area contributed by atoms with Crippen LogP contribution in [0.15, 0.2) is 78.2 Å². The summed E-state index contributed by atoms with van der Waals surface area (Å²) in [4.78, 5) is 14.8. The average Bonchev–Trinajstić information content (AvgIpc) is 3.30. The number of anilines is 1. The van der Waals surface area contributed by atoms with Gasteiger partial charge in [0.2, 0.25) is 0 Å². The predicted octanol–water partition coefficient (Wildman–Crippen LogP) is 4.09. The van der Waals surface area contributed by atoms with Crippen molar-refractivity contribution < 1.29 is 0 Å². The van der Waals surface area contributed by atoms with Gasteiger partial charge in [-0.05, 0) is 55.7 Å². The van der Waals surface area contributed by atoms with Gasteiger partial charge in [0.15, 0.2) is 0 Å². The first-order valence-corrected chi connectivity index (χ1v) is 13.7. The Balaban J connectivity index is 1.19. The monoisotopic (exact) mass is 505 g/mol. The van der Waals surface area contributed by atoms with Gasteiger partial charge < -0.3 is 16.0 Å². The lowest BCUT2D eigenvalue weighted by Gasteiger charge is -2.45. The number of piperazine rings is 1. The van der Waals surface area contributed by atoms with E-state index in [0.717, 1.165) is 54.2 Å². The minimum absolute atomic E-state index is 0.0821. The topological polar surface area (TPSA) is 74.7 Å². The van der Waals surface area contributed by atoms with Crippen molar-refractivity contribution in [3.8, 4) is 0 Å². The van der Waals surface area contributed by atoms with Crippen molar-refractivity contribution in [3.63, 3.8) is 0 Å². The van der Waals surface area contributed by atoms with Crippen LogP contribution in [0.5, 0.6) is 0 Å². The standard InChI is InChI=1S/C31H35N7/c1-20-16-26(21-6-4-3-5-7-21)34-27-19-22(8-9-25(20)27)28-29-30(32)33-10-11-38(29)31(35-28)23-17-24(18-23)37-14-12-36(2)13-15-37/h3-11,16,19,23-24,27,34H,12-15,17-18H2,1-2H3,(H2,32,33). The maximum Gasteiger partial charge on any atom is 0.150 e. The number of benzene rings is 1. The van der Waals surface area contributed by atoms with E-state index in [0.29, 0.717) is 17.8 Å². The number of nitrogens with two attached hydrogens (primary N) is 1. The number of hydrogen-bond acceptors (Lipinski definition) is 6. The smallest absolute Gasteiger partial charge is 0.150 e. The summed E-state index contributed by atoms with van der Waals surface area (Å²) in [7, 11) is 2.22. The number of nitrogens with one attached hydrogen (secondary N) is 1. The molecule has 4 aliphatic rings. The van der Waals surface area contributed by atoms with Gasteiger partial charge in [-0.25, -0.2) is 9.97 Å². The Morgan fingerprint density at radius 3 is 2.61 bits per heavy atom. The molecule has 2 aliphatic heterocycles. The molecule has 1 saturated heterocycles. The van der Waals surface area contributed by atoms with Gasteiger partial charge in [0, 0.05) is 61.8 Å². The van der Waals surface area contributed by atoms with Crippen LogP contribution in [0.25, 0.3) is 16.8 Å². The molecule has 3 N–H and O–H groups in total. The molecule has 0 radical (unpaired) electrons. The van der Waals surface area contributed by atoms with Gasteiger partial charge in [-0.15, -0.1) is 0 Å². The first kappa shape index (κ1) is 23.4. The Morgan fingerprint density at radius 2 is 1.82 bits per heavy atom. The van der Waals surface area contributed by atoms with E-state index in [4.69, 9.17) is 10.7 Å². The molecule has 1 saturated carbocycles. The van der Waals surface area contributed by atoms with Crippen molar-refractivity contribution in [2.24, 2.45) is 0 Å². The number of nitrogens with zero attached hydrogens (tertiary/aromatic N) is 5. The minimum atomic E-state index is 0.0821. The fraction of sp³-hybridized carbons (Fsp3) is 0.355. The molecule has 2 fully saturated rings. The molecule has 0 bridgehead atoms. The Hall–Kier alpha value is -3.68. The van der Waals surface area contributed by atoms with Crippen LogP contribution in [0.1, 0.15) is 42.8 Å². The summed E-state index contributed by atoms with van der Waals surface area (Å²) >= 11 is 0. The molecule has 7 heteroatoms. The first-order valence-electron chi connectivity index (χ1n) is 13.7. The molecule has 1 atom stereocenters. The molecule has 1 unspecified atom stereocenters. The first-order chi connectivity index (χ1) is 18.5. The van der Waals surface area contributed by atoms with Crippen LogP contribution < -0.4 is 11.1 Å². The zero-order chi connectivity index (χ0) is 25.8. The molecule has 7 nitrogen and oxygen atoms in total. The van der Waals surface area contributed by atoms with Crippen LogP contribution in [-0.2, 0) is 0 Å². The average molecular weight is 506 g/mol. The largest absolute Gasteiger partial charge is 0.382 e. The van der Waals surface area contributed by atoms with E-state index in [9.17, 15) is 0 Å². The summed E-state index contributed by atoms with van der Waals surface area (Å²) in [6, 6.07) is 11.3. The number of fused-ring (bicyclic) bond motifs is 2. The highest BCUT2D eigenvalue weighted by molar-refractivity contribution is 5.89. The summed E-state index contributed by atoms with van der Waals surface area (Å²) in [5, 5.41) is 3.75. The molecule has 38 heavy (non-hydrogen) atoms. The van der Waals surface area contributed by atoms with Crippen LogP contribution in [0.2, 0.25) is 0 Å². The summed E-state index contributed by atoms with van der Waals surface area (Å²) in [5.74, 6) is 2.08. The van der Waals surface area contributed by atoms with Crippen LogP contribution in [0.3, 0.4) is 0 Å². The van der Waals surface area contributed by atoms with E-state index in [1.54, 1.807) is 6.20 Å². The van der Waals surface area contributed by atoms with E-state index in [-0.39, 0.29) is 6.04 Å². The van der Waals surface area contributed by atoms with E-state index in [1.807, 2.05) is 6.20 Å². The number of allylic oxidation sites excluding steroid dienone is 4. The zero-order valence-corrected chi connectivity index (χ0v) is 22.1. The molecular weight excluding hydrogens is 470 g/mol. The second kappa shape index (κ2) is 9.26. The van der Waals surface area contributed by atoms with Crippen LogP contribution in [-0.4, -0.2) is 69.5 Å². The van der Waals surface area contributed by atoms with Crippen molar-refractivity contribution in [1.82, 2.24) is 29.5 Å². The van der Waals surface area contributed by atoms with Gasteiger partial charge in [-0.1, -0.05) is 42.5 Å². The number of nitrogen functional groups attached to an aromatic ring is 1. The highest BCUT2D eigenvalue weighted by Gasteiger charge is 2.38. The summed E-state index contributed by atoms with van der Waals surface area (Å²) in [6.07, 6.45) is 15.1. The maximum atomic E-state index is 6.48. The number of likely N-dealkylation sites (N-methyl/N-ethyl adjacent to an activating group) is 1. The van der Waals surface area contributed by atoms with Crippen molar-refractivity contribution in [2.45, 2.75) is 37.8 Å². The third-order valence-corrected chi connectivity index (χ3v) is 8.75. The van der Waals surface area contributed by atoms with E-state index in [2.05, 4.69) is 93.1 Å². The van der Waals surface area contributed by atoms with Gasteiger partial charge in [0.25, 0.3) is 0 Å². The molecule has 194 valence electrons. The Kier molecular flexibility index (Phi) is 5.71. The van der Waals surface area contributed by atoms with Gasteiger partial charge in [-0.3, -0.25) is 9.30 Å². The predicted molar refractivity (Wildman–Crippen MR) is 153 cm³/mol. The number of hydrogen-bond donors (Lipinski definition) is 2. The van der Waals surface area contributed by atoms with Gasteiger partial charge >= 0.3 is 0 Å². The second-order valence-electron chi connectivity index (χ2n) is 11.2. The van der Waals surface area contributed by atoms with Crippen LogP contribution >= 0.6 is 0 Å². The highest BCUT2D eigenvalue weighted by atomic mass is 15.3. The Bertz CT molecular complexity index is 1500. The van der Waals surface area contributed by atoms with Crippen molar-refractivity contribution in [1.29, 1.82) is 0 Å². The fourth-order valence-electron chi connectivity index (χ4n) is 6.42. The van der Waals surface area contributed by atoms with E-state index in [1.165, 1.54) is 29.8 Å². The molecule has 4 heterocycles.